The molecule has 2 amide bonds. The minimum Gasteiger partial charge on any atom is -0.543 e. The third-order valence-corrected chi connectivity index (χ3v) is 7.71. The van der Waals surface area contributed by atoms with Gasteiger partial charge in [-0.3, -0.25) is 14.5 Å². The number of aliphatic carboxylic acids is 1. The highest BCUT2D eigenvalue weighted by Gasteiger charge is 2.53. The van der Waals surface area contributed by atoms with Gasteiger partial charge in [-0.25, -0.2) is 4.98 Å². The maximum absolute atomic E-state index is 13.0. The molecule has 1 saturated heterocycles. The first-order valence-electron chi connectivity index (χ1n) is 10.9. The van der Waals surface area contributed by atoms with E-state index < -0.39 is 29.2 Å². The molecule has 14 heteroatoms. The number of carbonyl (C=O) groups is 3. The second-order valence-electron chi connectivity index (χ2n) is 7.99. The highest BCUT2D eigenvalue weighted by molar-refractivity contribution is 8.00. The summed E-state index contributed by atoms with van der Waals surface area (Å²) >= 11 is 2.45. The fourth-order valence-electron chi connectivity index (χ4n) is 4.06. The fourth-order valence-corrected chi connectivity index (χ4v) is 5.94. The average Bonchev–Trinajstić information content (AvgIpc) is 3.53. The molecule has 4 aliphatic heterocycles. The highest BCUT2D eigenvalue weighted by atomic mass is 32.2. The van der Waals surface area contributed by atoms with Crippen molar-refractivity contribution in [3.05, 3.63) is 59.3 Å². The van der Waals surface area contributed by atoms with Gasteiger partial charge in [-0.05, 0) is 5.57 Å². The molecular weight excluding hydrogens is 518 g/mol. The van der Waals surface area contributed by atoms with E-state index in [-0.39, 0.29) is 28.8 Å². The predicted molar refractivity (Wildman–Crippen MR) is 132 cm³/mol. The van der Waals surface area contributed by atoms with E-state index in [4.69, 9.17) is 10.6 Å². The van der Waals surface area contributed by atoms with Crippen molar-refractivity contribution < 1.29 is 28.9 Å². The molecule has 1 aromatic rings. The molecule has 0 bridgehead atoms. The minimum absolute atomic E-state index is 0.160. The summed E-state index contributed by atoms with van der Waals surface area (Å²) in [5.41, 5.74) is 6.92. The van der Waals surface area contributed by atoms with Crippen molar-refractivity contribution in [2.45, 2.75) is 24.9 Å². The summed E-state index contributed by atoms with van der Waals surface area (Å²) in [5, 5.41) is 19.5. The largest absolute Gasteiger partial charge is 0.543 e. The van der Waals surface area contributed by atoms with Crippen LogP contribution < -0.4 is 20.7 Å². The number of carboxylic acid groups (broad SMARTS) is 1. The number of fused-ring (bicyclic) bond motifs is 2. The quantitative estimate of drug-likeness (QED) is 0.128. The monoisotopic (exact) mass is 537 g/mol. The van der Waals surface area contributed by atoms with E-state index in [1.165, 1.54) is 24.1 Å². The van der Waals surface area contributed by atoms with Crippen molar-refractivity contribution in [1.82, 2.24) is 19.8 Å². The van der Waals surface area contributed by atoms with Crippen LogP contribution in [-0.2, 0) is 25.8 Å². The Morgan fingerprint density at radius 1 is 1.43 bits per heavy atom. The number of β-lactam (4-membered cyclic amide) rings is 1. The van der Waals surface area contributed by atoms with Gasteiger partial charge in [-0.1, -0.05) is 11.1 Å². The lowest BCUT2D eigenvalue weighted by atomic mass is 10.0. The number of carboxylic acids is 1. The Hall–Kier alpha value is -4.35. The summed E-state index contributed by atoms with van der Waals surface area (Å²) < 4.78 is 3.78. The van der Waals surface area contributed by atoms with Crippen molar-refractivity contribution in [3.63, 3.8) is 0 Å². The summed E-state index contributed by atoms with van der Waals surface area (Å²) in [6.45, 7) is 1.80. The normalized spacial score (nSPS) is 19.1. The van der Waals surface area contributed by atoms with Gasteiger partial charge in [0.2, 0.25) is 5.69 Å². The van der Waals surface area contributed by atoms with Gasteiger partial charge < -0.3 is 30.4 Å². The summed E-state index contributed by atoms with van der Waals surface area (Å²) in [6.07, 6.45) is 9.73. The van der Waals surface area contributed by atoms with Crippen LogP contribution in [0.2, 0.25) is 0 Å². The molecule has 0 unspecified atom stereocenters. The SMILES string of the molecule is CC#CO/N=C(\C(=O)N[C@@H]1C(=O)N2C(C(=O)[O-])=C(Cn3cc[n+]4cccc-4c3)CS[C@@H]12)c1csc(N)n1. The lowest BCUT2D eigenvalue weighted by Gasteiger charge is -2.50. The zero-order chi connectivity index (χ0) is 26.1. The second kappa shape index (κ2) is 9.96. The highest BCUT2D eigenvalue weighted by Crippen LogP contribution is 2.40. The van der Waals surface area contributed by atoms with Crippen LogP contribution in [0.4, 0.5) is 5.13 Å². The van der Waals surface area contributed by atoms with Crippen LogP contribution in [0.15, 0.2) is 58.7 Å². The number of amides is 2. The van der Waals surface area contributed by atoms with Crippen molar-refractivity contribution in [3.8, 4) is 17.7 Å². The Bertz CT molecular complexity index is 1500. The van der Waals surface area contributed by atoms with Gasteiger partial charge in [0.1, 0.15) is 23.2 Å². The minimum atomic E-state index is -1.45. The van der Waals surface area contributed by atoms with Crippen LogP contribution in [0.25, 0.3) is 5.69 Å². The van der Waals surface area contributed by atoms with Crippen molar-refractivity contribution >= 4 is 51.7 Å². The van der Waals surface area contributed by atoms with E-state index in [0.717, 1.165) is 21.9 Å². The first-order valence-corrected chi connectivity index (χ1v) is 12.8. The number of hydrogen-bond acceptors (Lipinski definition) is 10. The van der Waals surface area contributed by atoms with Gasteiger partial charge in [-0.2, -0.15) is 4.57 Å². The molecule has 1 aromatic heterocycles. The zero-order valence-corrected chi connectivity index (χ0v) is 20.9. The van der Waals surface area contributed by atoms with Gasteiger partial charge >= 0.3 is 0 Å². The van der Waals surface area contributed by atoms with Crippen LogP contribution in [0, 0.1) is 12.0 Å². The van der Waals surface area contributed by atoms with E-state index >= 15 is 0 Å². The Balaban J connectivity index is 1.35. The predicted octanol–water partition coefficient (Wildman–Crippen LogP) is -0.953. The van der Waals surface area contributed by atoms with Crippen molar-refractivity contribution in [2.24, 2.45) is 5.16 Å². The molecule has 188 valence electrons. The van der Waals surface area contributed by atoms with Gasteiger partial charge in [-0.15, -0.1) is 23.1 Å². The first kappa shape index (κ1) is 24.3. The molecule has 4 aliphatic rings. The molecule has 5 heterocycles. The number of nitrogens with one attached hydrogen (secondary N) is 1. The topological polar surface area (TPSA) is 159 Å². The van der Waals surface area contributed by atoms with Gasteiger partial charge in [0.05, 0.1) is 24.1 Å². The van der Waals surface area contributed by atoms with E-state index in [2.05, 4.69) is 27.5 Å². The number of nitrogens with two attached hydrogens (primary N) is 1. The smallest absolute Gasteiger partial charge is 0.276 e. The van der Waals surface area contributed by atoms with Crippen LogP contribution in [0.5, 0.6) is 0 Å². The Kier molecular flexibility index (Phi) is 6.55. The number of carbonyl (C=O) groups excluding carboxylic acids is 3. The molecule has 0 aliphatic carbocycles. The summed E-state index contributed by atoms with van der Waals surface area (Å²) in [6, 6.07) is 2.86. The van der Waals surface area contributed by atoms with Crippen LogP contribution >= 0.6 is 23.1 Å². The number of thioether (sulfide) groups is 1. The molecule has 0 spiro atoms. The van der Waals surface area contributed by atoms with Crippen LogP contribution in [-0.4, -0.2) is 55.1 Å². The molecule has 2 atom stereocenters. The van der Waals surface area contributed by atoms with Gasteiger partial charge in [0, 0.05) is 36.7 Å². The third-order valence-electron chi connectivity index (χ3n) is 5.69. The summed E-state index contributed by atoms with van der Waals surface area (Å²) in [7, 11) is 0. The Labute approximate surface area is 218 Å². The molecule has 0 saturated carbocycles. The second-order valence-corrected chi connectivity index (χ2v) is 9.99. The van der Waals surface area contributed by atoms with Crippen LogP contribution in [0.1, 0.15) is 12.6 Å². The zero-order valence-electron chi connectivity index (χ0n) is 19.3. The van der Waals surface area contributed by atoms with E-state index in [0.29, 0.717) is 11.3 Å². The molecule has 3 N–H and O–H groups in total. The fraction of sp³-hybridized carbons (Fsp3) is 0.217. The number of thiazole rings is 1. The lowest BCUT2D eigenvalue weighted by molar-refractivity contribution is -0.593. The summed E-state index contributed by atoms with van der Waals surface area (Å²) in [4.78, 5) is 48.2. The maximum atomic E-state index is 13.0. The van der Waals surface area contributed by atoms with Gasteiger partial charge in [0.25, 0.3) is 11.8 Å². The molecule has 37 heavy (non-hydrogen) atoms. The Morgan fingerprint density at radius 2 is 2.27 bits per heavy atom. The molecule has 0 aromatic carbocycles. The van der Waals surface area contributed by atoms with E-state index in [1.807, 2.05) is 46.1 Å². The molecule has 1 fully saturated rings. The van der Waals surface area contributed by atoms with Gasteiger partial charge in [0.15, 0.2) is 23.2 Å². The number of oxime groups is 1. The summed E-state index contributed by atoms with van der Waals surface area (Å²) in [5.74, 6) is 0.0665. The third kappa shape index (κ3) is 4.61. The molecule has 0 radical (unpaired) electrons. The number of rotatable bonds is 7. The standard InChI is InChI=1S/C23H19N7O5S2/c1-2-8-35-27-16(15-12-37-23(24)25-15)19(31)26-17-20(32)30-18(22(33)34)13(11-36-21(17)30)9-28-6-7-29-5-3-4-14(29)10-28/h3-7,10,12,17,21H,9,11H2,1H3,(H3-,24,25,26,31,33,34)/b27-16-/t17-,21+/m1/s1. The lowest BCUT2D eigenvalue weighted by Crippen LogP contribution is -2.71. The number of hydrogen-bond donors (Lipinski definition) is 2. The number of nitrogen functional groups attached to an aromatic ring is 1. The molecule has 12 nitrogen and oxygen atoms in total. The Morgan fingerprint density at radius 3 is 3.00 bits per heavy atom. The number of nitrogens with zero attached hydrogens (tertiary/aromatic N) is 5. The van der Waals surface area contributed by atoms with Crippen molar-refractivity contribution in [1.29, 1.82) is 0 Å². The van der Waals surface area contributed by atoms with E-state index in [9.17, 15) is 19.5 Å². The number of anilines is 1. The van der Waals surface area contributed by atoms with Crippen molar-refractivity contribution in [2.75, 3.05) is 11.5 Å². The van der Waals surface area contributed by atoms with Crippen LogP contribution in [0.3, 0.4) is 0 Å². The number of aromatic nitrogens is 3. The first-order chi connectivity index (χ1) is 17.9. The molecule has 5 rings (SSSR count). The van der Waals surface area contributed by atoms with E-state index in [1.54, 1.807) is 0 Å². The maximum Gasteiger partial charge on any atom is 0.276 e. The average molecular weight is 538 g/mol. The molecular formula is C23H19N7O5S2.